The molecule has 1 heterocycles. The van der Waals surface area contributed by atoms with Gasteiger partial charge in [-0.05, 0) is 24.6 Å². The fourth-order valence-corrected chi connectivity index (χ4v) is 1.96. The zero-order valence-corrected chi connectivity index (χ0v) is 9.45. The van der Waals surface area contributed by atoms with E-state index in [1.54, 1.807) is 18.3 Å². The van der Waals surface area contributed by atoms with Crippen LogP contribution in [0.25, 0.3) is 0 Å². The number of pyridine rings is 1. The third-order valence-electron chi connectivity index (χ3n) is 2.77. The van der Waals surface area contributed by atoms with E-state index in [1.807, 2.05) is 30.3 Å². The summed E-state index contributed by atoms with van der Waals surface area (Å²) in [7, 11) is 0. The van der Waals surface area contributed by atoms with Crippen LogP contribution in [-0.4, -0.2) is 21.8 Å². The zero-order valence-electron chi connectivity index (χ0n) is 9.45. The van der Waals surface area contributed by atoms with E-state index in [0.29, 0.717) is 6.42 Å². The largest absolute Gasteiger partial charge is 0.508 e. The van der Waals surface area contributed by atoms with Gasteiger partial charge < -0.3 is 10.2 Å². The van der Waals surface area contributed by atoms with E-state index in [1.165, 1.54) is 0 Å². The summed E-state index contributed by atoms with van der Waals surface area (Å²) in [6, 6.07) is 12.9. The van der Waals surface area contributed by atoms with Crippen LogP contribution in [-0.2, 0) is 0 Å². The van der Waals surface area contributed by atoms with Crippen LogP contribution in [0.5, 0.6) is 5.75 Å². The monoisotopic (exact) mass is 229 g/mol. The van der Waals surface area contributed by atoms with Gasteiger partial charge in [0.1, 0.15) is 5.75 Å². The third kappa shape index (κ3) is 2.63. The number of para-hydroxylation sites is 1. The Morgan fingerprint density at radius 3 is 2.47 bits per heavy atom. The summed E-state index contributed by atoms with van der Waals surface area (Å²) in [6.07, 6.45) is 2.27. The molecule has 1 aromatic heterocycles. The van der Waals surface area contributed by atoms with Crippen LogP contribution in [0.2, 0.25) is 0 Å². The van der Waals surface area contributed by atoms with Gasteiger partial charge in [-0.2, -0.15) is 0 Å². The summed E-state index contributed by atoms with van der Waals surface area (Å²) in [4.78, 5) is 4.29. The molecule has 0 bridgehead atoms. The Morgan fingerprint density at radius 2 is 1.82 bits per heavy atom. The van der Waals surface area contributed by atoms with Crippen molar-refractivity contribution in [2.45, 2.75) is 12.3 Å². The first-order chi connectivity index (χ1) is 8.33. The first-order valence-corrected chi connectivity index (χ1v) is 5.62. The molecule has 17 heavy (non-hydrogen) atoms. The van der Waals surface area contributed by atoms with Crippen molar-refractivity contribution in [2.75, 3.05) is 6.61 Å². The average molecular weight is 229 g/mol. The molecule has 0 radical (unpaired) electrons. The van der Waals surface area contributed by atoms with E-state index in [-0.39, 0.29) is 18.3 Å². The molecule has 1 unspecified atom stereocenters. The molecule has 0 saturated heterocycles. The van der Waals surface area contributed by atoms with Crippen molar-refractivity contribution in [3.05, 3.63) is 59.9 Å². The van der Waals surface area contributed by atoms with Crippen molar-refractivity contribution < 1.29 is 10.2 Å². The first kappa shape index (κ1) is 11.6. The quantitative estimate of drug-likeness (QED) is 0.845. The second-order valence-electron chi connectivity index (χ2n) is 3.88. The van der Waals surface area contributed by atoms with Crippen LogP contribution in [0.15, 0.2) is 48.7 Å². The Labute approximate surface area is 100 Å². The van der Waals surface area contributed by atoms with Gasteiger partial charge in [0.2, 0.25) is 0 Å². The first-order valence-electron chi connectivity index (χ1n) is 5.62. The van der Waals surface area contributed by atoms with Gasteiger partial charge in [-0.25, -0.2) is 0 Å². The Balaban J connectivity index is 2.39. The average Bonchev–Trinajstić information content (AvgIpc) is 2.38. The summed E-state index contributed by atoms with van der Waals surface area (Å²) < 4.78 is 0. The fourth-order valence-electron chi connectivity index (χ4n) is 1.96. The summed E-state index contributed by atoms with van der Waals surface area (Å²) >= 11 is 0. The molecule has 0 saturated carbocycles. The molecule has 1 aromatic carbocycles. The number of aliphatic hydroxyl groups excluding tert-OH is 1. The Hall–Kier alpha value is -1.87. The number of phenols is 1. The van der Waals surface area contributed by atoms with Gasteiger partial charge in [0.15, 0.2) is 0 Å². The lowest BCUT2D eigenvalue weighted by Crippen LogP contribution is -2.05. The number of aromatic nitrogens is 1. The van der Waals surface area contributed by atoms with Gasteiger partial charge in [-0.3, -0.25) is 4.98 Å². The minimum atomic E-state index is -0.0672. The highest BCUT2D eigenvalue weighted by molar-refractivity contribution is 5.39. The molecule has 88 valence electrons. The number of aromatic hydroxyl groups is 1. The molecule has 2 rings (SSSR count). The van der Waals surface area contributed by atoms with Crippen molar-refractivity contribution in [1.29, 1.82) is 0 Å². The predicted octanol–water partition coefficient (Wildman–Crippen LogP) is 2.30. The van der Waals surface area contributed by atoms with Gasteiger partial charge in [0.25, 0.3) is 0 Å². The lowest BCUT2D eigenvalue weighted by molar-refractivity contribution is 0.280. The molecule has 2 N–H and O–H groups in total. The maximum Gasteiger partial charge on any atom is 0.119 e. The highest BCUT2D eigenvalue weighted by Crippen LogP contribution is 2.32. The smallest absolute Gasteiger partial charge is 0.119 e. The zero-order chi connectivity index (χ0) is 12.1. The topological polar surface area (TPSA) is 53.4 Å². The molecule has 0 aliphatic rings. The molecular formula is C14H15NO2. The molecular weight excluding hydrogens is 214 g/mol. The predicted molar refractivity (Wildman–Crippen MR) is 65.9 cm³/mol. The van der Waals surface area contributed by atoms with Gasteiger partial charge in [0.05, 0.1) is 0 Å². The van der Waals surface area contributed by atoms with E-state index in [2.05, 4.69) is 4.98 Å². The molecule has 0 aliphatic carbocycles. The Morgan fingerprint density at radius 1 is 1.06 bits per heavy atom. The van der Waals surface area contributed by atoms with Crippen molar-refractivity contribution in [3.8, 4) is 5.75 Å². The summed E-state index contributed by atoms with van der Waals surface area (Å²) in [6.45, 7) is 0.0651. The Bertz CT molecular complexity index is 471. The van der Waals surface area contributed by atoms with E-state index < -0.39 is 0 Å². The second-order valence-corrected chi connectivity index (χ2v) is 3.88. The lowest BCUT2D eigenvalue weighted by atomic mass is 9.91. The number of phenolic OH excluding ortho intramolecular Hbond substituents is 1. The van der Waals surface area contributed by atoms with E-state index in [0.717, 1.165) is 11.3 Å². The molecule has 0 aliphatic heterocycles. The van der Waals surface area contributed by atoms with Crippen molar-refractivity contribution in [3.63, 3.8) is 0 Å². The van der Waals surface area contributed by atoms with Crippen molar-refractivity contribution in [2.24, 2.45) is 0 Å². The van der Waals surface area contributed by atoms with Gasteiger partial charge in [-0.1, -0.05) is 24.3 Å². The minimum absolute atomic E-state index is 0.0651. The molecule has 0 fully saturated rings. The number of hydrogen-bond acceptors (Lipinski definition) is 3. The fraction of sp³-hybridized carbons (Fsp3) is 0.214. The number of benzene rings is 1. The van der Waals surface area contributed by atoms with Crippen LogP contribution in [0.4, 0.5) is 0 Å². The summed E-state index contributed by atoms with van der Waals surface area (Å²) in [5, 5.41) is 19.0. The molecule has 2 aromatic rings. The van der Waals surface area contributed by atoms with E-state index in [4.69, 9.17) is 5.11 Å². The van der Waals surface area contributed by atoms with E-state index >= 15 is 0 Å². The van der Waals surface area contributed by atoms with Crippen LogP contribution in [0, 0.1) is 0 Å². The number of hydrogen-bond donors (Lipinski definition) is 2. The van der Waals surface area contributed by atoms with Crippen molar-refractivity contribution >= 4 is 0 Å². The number of rotatable bonds is 4. The minimum Gasteiger partial charge on any atom is -0.508 e. The van der Waals surface area contributed by atoms with Gasteiger partial charge in [-0.15, -0.1) is 0 Å². The van der Waals surface area contributed by atoms with E-state index in [9.17, 15) is 5.11 Å². The number of aliphatic hydroxyl groups is 1. The Kier molecular flexibility index (Phi) is 3.73. The summed E-state index contributed by atoms with van der Waals surface area (Å²) in [5.41, 5.74) is 1.67. The second kappa shape index (κ2) is 5.46. The maximum absolute atomic E-state index is 9.86. The van der Waals surface area contributed by atoms with Crippen LogP contribution >= 0.6 is 0 Å². The van der Waals surface area contributed by atoms with Gasteiger partial charge >= 0.3 is 0 Å². The van der Waals surface area contributed by atoms with Crippen molar-refractivity contribution in [1.82, 2.24) is 4.98 Å². The lowest BCUT2D eigenvalue weighted by Gasteiger charge is -2.16. The standard InChI is InChI=1S/C14H15NO2/c16-10-8-11(13-6-3-4-9-15-13)12-5-1-2-7-14(12)17/h1-7,9,11,16-17H,8,10H2. The normalized spacial score (nSPS) is 12.3. The van der Waals surface area contributed by atoms with Gasteiger partial charge in [0, 0.05) is 30.0 Å². The molecule has 0 spiro atoms. The van der Waals surface area contributed by atoms with Crippen LogP contribution < -0.4 is 0 Å². The molecule has 3 nitrogen and oxygen atoms in total. The third-order valence-corrected chi connectivity index (χ3v) is 2.77. The summed E-state index contributed by atoms with van der Waals surface area (Å²) in [5.74, 6) is 0.180. The van der Waals surface area contributed by atoms with Crippen LogP contribution in [0.1, 0.15) is 23.6 Å². The van der Waals surface area contributed by atoms with Crippen LogP contribution in [0.3, 0.4) is 0 Å². The maximum atomic E-state index is 9.86. The molecule has 3 heteroatoms. The highest BCUT2D eigenvalue weighted by Gasteiger charge is 2.17. The highest BCUT2D eigenvalue weighted by atomic mass is 16.3. The molecule has 0 amide bonds. The molecule has 1 atom stereocenters. The number of nitrogens with zero attached hydrogens (tertiary/aromatic N) is 1. The SMILES string of the molecule is OCCC(c1ccccn1)c1ccccc1O.